The summed E-state index contributed by atoms with van der Waals surface area (Å²) in [6, 6.07) is 23.8. The molecule has 0 radical (unpaired) electrons. The van der Waals surface area contributed by atoms with Crippen molar-refractivity contribution in [2.24, 2.45) is 5.92 Å². The van der Waals surface area contributed by atoms with Crippen molar-refractivity contribution in [2.45, 2.75) is 31.5 Å². The number of benzene rings is 3. The number of fused-ring (bicyclic) bond motifs is 2. The Labute approximate surface area is 186 Å². The quantitative estimate of drug-likeness (QED) is 0.488. The van der Waals surface area contributed by atoms with Crippen LogP contribution in [0.3, 0.4) is 0 Å². The average Bonchev–Trinajstić information content (AvgIpc) is 3.17. The minimum atomic E-state index is -0.692. The predicted molar refractivity (Wildman–Crippen MR) is 120 cm³/mol. The van der Waals surface area contributed by atoms with Gasteiger partial charge >= 0.3 is 0 Å². The molecule has 1 heterocycles. The number of Topliss-reactive ketones (excluding diaryl/α,β-unsaturated/α-hetero) is 1. The van der Waals surface area contributed by atoms with Gasteiger partial charge in [0.25, 0.3) is 0 Å². The van der Waals surface area contributed by atoms with Gasteiger partial charge in [-0.3, -0.25) is 14.4 Å². The summed E-state index contributed by atoms with van der Waals surface area (Å²) in [6.07, 6.45) is 1.30. The SMILES string of the molecule is O=C(c1ccccc1)c1ccc(NC(=O)[C@@H]2CC[C@]3(CC2=O)OCc2ccccc23)cc1. The van der Waals surface area contributed by atoms with Crippen molar-refractivity contribution >= 4 is 23.2 Å². The second-order valence-corrected chi connectivity index (χ2v) is 8.44. The lowest BCUT2D eigenvalue weighted by Crippen LogP contribution is -2.41. The van der Waals surface area contributed by atoms with Crippen molar-refractivity contribution in [3.8, 4) is 0 Å². The molecule has 0 unspecified atom stereocenters. The maximum absolute atomic E-state index is 12.9. The highest BCUT2D eigenvalue weighted by Crippen LogP contribution is 2.47. The number of carbonyl (C=O) groups is 3. The van der Waals surface area contributed by atoms with Crippen LogP contribution in [0.25, 0.3) is 0 Å². The molecular weight excluding hydrogens is 402 g/mol. The minimum Gasteiger partial charge on any atom is -0.365 e. The molecule has 0 aromatic heterocycles. The number of hydrogen-bond donors (Lipinski definition) is 1. The van der Waals surface area contributed by atoms with Gasteiger partial charge in [0.2, 0.25) is 5.91 Å². The van der Waals surface area contributed by atoms with Gasteiger partial charge in [0.1, 0.15) is 11.4 Å². The minimum absolute atomic E-state index is 0.0759. The van der Waals surface area contributed by atoms with E-state index in [1.54, 1.807) is 36.4 Å². The van der Waals surface area contributed by atoms with E-state index in [1.807, 2.05) is 42.5 Å². The molecule has 1 N–H and O–H groups in total. The summed E-state index contributed by atoms with van der Waals surface area (Å²) in [6.45, 7) is 0.508. The number of ether oxygens (including phenoxy) is 1. The van der Waals surface area contributed by atoms with Crippen LogP contribution in [0.15, 0.2) is 78.9 Å². The molecule has 1 spiro atoms. The molecule has 3 aromatic rings. The molecule has 5 heteroatoms. The van der Waals surface area contributed by atoms with E-state index in [0.29, 0.717) is 36.3 Å². The predicted octanol–water partition coefficient (Wildman–Crippen LogP) is 4.65. The molecule has 1 saturated carbocycles. The number of anilines is 1. The van der Waals surface area contributed by atoms with Crippen molar-refractivity contribution in [1.82, 2.24) is 0 Å². The molecule has 160 valence electrons. The Morgan fingerprint density at radius 3 is 2.31 bits per heavy atom. The number of rotatable bonds is 4. The first kappa shape index (κ1) is 20.3. The lowest BCUT2D eigenvalue weighted by molar-refractivity contribution is -0.144. The third-order valence-electron chi connectivity index (χ3n) is 6.46. The molecule has 2 aliphatic rings. The van der Waals surface area contributed by atoms with Crippen molar-refractivity contribution in [3.05, 3.63) is 101 Å². The lowest BCUT2D eigenvalue weighted by atomic mass is 9.74. The number of carbonyl (C=O) groups excluding carboxylic acids is 3. The molecule has 0 bridgehead atoms. The van der Waals surface area contributed by atoms with Gasteiger partial charge in [-0.2, -0.15) is 0 Å². The van der Waals surface area contributed by atoms with Gasteiger partial charge in [-0.25, -0.2) is 0 Å². The van der Waals surface area contributed by atoms with Gasteiger partial charge in [-0.15, -0.1) is 0 Å². The zero-order valence-electron chi connectivity index (χ0n) is 17.5. The highest BCUT2D eigenvalue weighted by Gasteiger charge is 2.48. The highest BCUT2D eigenvalue weighted by molar-refractivity contribution is 6.10. The summed E-state index contributed by atoms with van der Waals surface area (Å²) in [5.41, 5.74) is 3.32. The first-order valence-electron chi connectivity index (χ1n) is 10.8. The average molecular weight is 425 g/mol. The summed E-state index contributed by atoms with van der Waals surface area (Å²) in [5, 5.41) is 2.83. The number of ketones is 2. The monoisotopic (exact) mass is 425 g/mol. The standard InChI is InChI=1S/C27H23NO4/c29-24-16-27(23-9-5-4-8-20(23)17-32-27)15-14-22(24)26(31)28-21-12-10-19(11-13-21)25(30)18-6-2-1-3-7-18/h1-13,22H,14-17H2,(H,28,31)/t22-,27-/m1/s1. The number of amides is 1. The van der Waals surface area contributed by atoms with Crippen LogP contribution in [0.5, 0.6) is 0 Å². The fraction of sp³-hybridized carbons (Fsp3) is 0.222. The number of hydrogen-bond acceptors (Lipinski definition) is 4. The second kappa shape index (κ2) is 8.17. The molecule has 1 amide bonds. The van der Waals surface area contributed by atoms with E-state index >= 15 is 0 Å². The molecule has 2 atom stereocenters. The van der Waals surface area contributed by atoms with Crippen LogP contribution >= 0.6 is 0 Å². The van der Waals surface area contributed by atoms with Crippen molar-refractivity contribution in [1.29, 1.82) is 0 Å². The van der Waals surface area contributed by atoms with Gasteiger partial charge < -0.3 is 10.1 Å². The highest BCUT2D eigenvalue weighted by atomic mass is 16.5. The third-order valence-corrected chi connectivity index (χ3v) is 6.46. The van der Waals surface area contributed by atoms with E-state index in [9.17, 15) is 14.4 Å². The van der Waals surface area contributed by atoms with E-state index in [4.69, 9.17) is 4.74 Å². The summed E-state index contributed by atoms with van der Waals surface area (Å²) in [5.74, 6) is -1.17. The zero-order valence-corrected chi connectivity index (χ0v) is 17.5. The van der Waals surface area contributed by atoms with Crippen molar-refractivity contribution in [2.75, 3.05) is 5.32 Å². The van der Waals surface area contributed by atoms with Crippen LogP contribution in [-0.2, 0) is 26.5 Å². The van der Waals surface area contributed by atoms with E-state index in [1.165, 1.54) is 0 Å². The van der Waals surface area contributed by atoms with E-state index in [-0.39, 0.29) is 23.9 Å². The Hall–Kier alpha value is -3.57. The lowest BCUT2D eigenvalue weighted by Gasteiger charge is -2.35. The largest absolute Gasteiger partial charge is 0.365 e. The van der Waals surface area contributed by atoms with Crippen LogP contribution in [0.1, 0.15) is 46.3 Å². The summed E-state index contributed by atoms with van der Waals surface area (Å²) in [4.78, 5) is 38.3. The van der Waals surface area contributed by atoms with E-state index in [0.717, 1.165) is 11.1 Å². The molecule has 1 aliphatic heterocycles. The molecule has 1 fully saturated rings. The molecular formula is C27H23NO4. The molecule has 1 aliphatic carbocycles. The normalized spacial score (nSPS) is 21.9. The molecule has 32 heavy (non-hydrogen) atoms. The Bertz CT molecular complexity index is 1190. The Morgan fingerprint density at radius 1 is 0.875 bits per heavy atom. The summed E-state index contributed by atoms with van der Waals surface area (Å²) < 4.78 is 6.06. The van der Waals surface area contributed by atoms with Gasteiger partial charge in [0.15, 0.2) is 5.78 Å². The Kier molecular flexibility index (Phi) is 5.19. The topological polar surface area (TPSA) is 72.5 Å². The molecule has 5 nitrogen and oxygen atoms in total. The first-order chi connectivity index (χ1) is 15.6. The van der Waals surface area contributed by atoms with Crippen LogP contribution in [-0.4, -0.2) is 17.5 Å². The van der Waals surface area contributed by atoms with Crippen molar-refractivity contribution in [3.63, 3.8) is 0 Å². The fourth-order valence-corrected chi connectivity index (χ4v) is 4.74. The van der Waals surface area contributed by atoms with Crippen LogP contribution in [0, 0.1) is 5.92 Å². The van der Waals surface area contributed by atoms with Gasteiger partial charge in [-0.1, -0.05) is 54.6 Å². The summed E-state index contributed by atoms with van der Waals surface area (Å²) >= 11 is 0. The smallest absolute Gasteiger partial charge is 0.234 e. The van der Waals surface area contributed by atoms with E-state index < -0.39 is 11.5 Å². The second-order valence-electron chi connectivity index (χ2n) is 8.44. The van der Waals surface area contributed by atoms with Crippen LogP contribution in [0.4, 0.5) is 5.69 Å². The van der Waals surface area contributed by atoms with E-state index in [2.05, 4.69) is 5.32 Å². The van der Waals surface area contributed by atoms with Crippen molar-refractivity contribution < 1.29 is 19.1 Å². The summed E-state index contributed by atoms with van der Waals surface area (Å²) in [7, 11) is 0. The third kappa shape index (κ3) is 3.65. The number of nitrogens with one attached hydrogen (secondary N) is 1. The molecule has 0 saturated heterocycles. The molecule has 5 rings (SSSR count). The van der Waals surface area contributed by atoms with Crippen LogP contribution in [0.2, 0.25) is 0 Å². The van der Waals surface area contributed by atoms with Gasteiger partial charge in [-0.05, 0) is 48.2 Å². The Morgan fingerprint density at radius 2 is 1.56 bits per heavy atom. The maximum atomic E-state index is 12.9. The zero-order chi connectivity index (χ0) is 22.1. The Balaban J connectivity index is 1.24. The van der Waals surface area contributed by atoms with Gasteiger partial charge in [0, 0.05) is 23.2 Å². The molecule has 3 aromatic carbocycles. The first-order valence-corrected chi connectivity index (χ1v) is 10.8. The van der Waals surface area contributed by atoms with Gasteiger partial charge in [0.05, 0.1) is 12.5 Å². The van der Waals surface area contributed by atoms with Crippen LogP contribution < -0.4 is 5.32 Å². The fourth-order valence-electron chi connectivity index (χ4n) is 4.74. The maximum Gasteiger partial charge on any atom is 0.234 e.